The van der Waals surface area contributed by atoms with Crippen molar-refractivity contribution >= 4 is 40.6 Å². The monoisotopic (exact) mass is 335 g/mol. The molecule has 0 fully saturated rings. The molecule has 0 aromatic heterocycles. The van der Waals surface area contributed by atoms with Crippen molar-refractivity contribution in [3.63, 3.8) is 0 Å². The van der Waals surface area contributed by atoms with Gasteiger partial charge in [-0.25, -0.2) is 4.79 Å². The zero-order valence-corrected chi connectivity index (χ0v) is 12.7. The van der Waals surface area contributed by atoms with E-state index in [1.807, 2.05) is 0 Å². The standard InChI is InChI=1S/C16H11Cl2NO3/c17-11-3-1-10(2-4-11)15(20)7-8-19-14-9-12(18)5-6-13(14)16(21)22/h1-9,19H,(H,21,22). The molecule has 0 unspecified atom stereocenters. The fraction of sp³-hybridized carbons (Fsp3) is 0. The number of carbonyl (C=O) groups excluding carboxylic acids is 1. The molecule has 0 amide bonds. The number of hydrogen-bond donors (Lipinski definition) is 2. The number of allylic oxidation sites excluding steroid dienone is 1. The first-order chi connectivity index (χ1) is 10.5. The molecule has 4 nitrogen and oxygen atoms in total. The molecule has 2 rings (SSSR count). The lowest BCUT2D eigenvalue weighted by Crippen LogP contribution is -2.02. The molecule has 0 aliphatic heterocycles. The first-order valence-corrected chi connectivity index (χ1v) is 6.99. The van der Waals surface area contributed by atoms with E-state index in [-0.39, 0.29) is 11.3 Å². The normalized spacial score (nSPS) is 10.6. The minimum Gasteiger partial charge on any atom is -0.478 e. The zero-order chi connectivity index (χ0) is 16.1. The third kappa shape index (κ3) is 4.10. The van der Waals surface area contributed by atoms with Gasteiger partial charge in [-0.1, -0.05) is 23.2 Å². The number of hydrogen-bond acceptors (Lipinski definition) is 3. The van der Waals surface area contributed by atoms with Crippen LogP contribution in [0.1, 0.15) is 20.7 Å². The number of aromatic carboxylic acids is 1. The number of benzene rings is 2. The highest BCUT2D eigenvalue weighted by Crippen LogP contribution is 2.21. The van der Waals surface area contributed by atoms with Gasteiger partial charge in [-0.2, -0.15) is 0 Å². The lowest BCUT2D eigenvalue weighted by molar-refractivity contribution is 0.0698. The van der Waals surface area contributed by atoms with Crippen molar-refractivity contribution in [2.24, 2.45) is 0 Å². The van der Waals surface area contributed by atoms with Crippen molar-refractivity contribution < 1.29 is 14.7 Å². The average molecular weight is 336 g/mol. The maximum Gasteiger partial charge on any atom is 0.337 e. The largest absolute Gasteiger partial charge is 0.478 e. The lowest BCUT2D eigenvalue weighted by Gasteiger charge is -2.06. The number of ketones is 1. The van der Waals surface area contributed by atoms with Crippen LogP contribution in [0.15, 0.2) is 54.7 Å². The van der Waals surface area contributed by atoms with Crippen LogP contribution in [-0.2, 0) is 0 Å². The van der Waals surface area contributed by atoms with Crippen LogP contribution in [0.3, 0.4) is 0 Å². The van der Waals surface area contributed by atoms with Crippen LogP contribution in [0.2, 0.25) is 10.0 Å². The number of anilines is 1. The second-order valence-electron chi connectivity index (χ2n) is 4.34. The molecule has 0 radical (unpaired) electrons. The van der Waals surface area contributed by atoms with Gasteiger partial charge in [0, 0.05) is 27.9 Å². The van der Waals surface area contributed by atoms with Crippen molar-refractivity contribution in [1.29, 1.82) is 0 Å². The highest BCUT2D eigenvalue weighted by molar-refractivity contribution is 6.31. The predicted molar refractivity (Wildman–Crippen MR) is 87.0 cm³/mol. The summed E-state index contributed by atoms with van der Waals surface area (Å²) >= 11 is 11.6. The molecule has 2 aromatic rings. The summed E-state index contributed by atoms with van der Waals surface area (Å²) in [5, 5.41) is 12.8. The molecule has 22 heavy (non-hydrogen) atoms. The maximum atomic E-state index is 11.9. The summed E-state index contributed by atoms with van der Waals surface area (Å²) in [6.07, 6.45) is 2.67. The molecule has 0 heterocycles. The molecule has 0 atom stereocenters. The highest BCUT2D eigenvalue weighted by Gasteiger charge is 2.09. The van der Waals surface area contributed by atoms with Crippen LogP contribution in [0.5, 0.6) is 0 Å². The van der Waals surface area contributed by atoms with E-state index in [1.165, 1.54) is 30.5 Å². The van der Waals surface area contributed by atoms with Gasteiger partial charge in [0.15, 0.2) is 5.78 Å². The summed E-state index contributed by atoms with van der Waals surface area (Å²) in [5.41, 5.74) is 0.847. The summed E-state index contributed by atoms with van der Waals surface area (Å²) in [5.74, 6) is -1.32. The van der Waals surface area contributed by atoms with Crippen molar-refractivity contribution in [2.45, 2.75) is 0 Å². The second kappa shape index (κ2) is 7.11. The predicted octanol–water partition coefficient (Wildman–Crippen LogP) is 4.50. The topological polar surface area (TPSA) is 66.4 Å². The van der Waals surface area contributed by atoms with Gasteiger partial charge in [-0.05, 0) is 42.5 Å². The summed E-state index contributed by atoms with van der Waals surface area (Å²) < 4.78 is 0. The van der Waals surface area contributed by atoms with Crippen molar-refractivity contribution in [1.82, 2.24) is 0 Å². The molecule has 2 N–H and O–H groups in total. The van der Waals surface area contributed by atoms with Gasteiger partial charge in [-0.15, -0.1) is 0 Å². The van der Waals surface area contributed by atoms with E-state index in [1.54, 1.807) is 24.3 Å². The molecule has 112 valence electrons. The van der Waals surface area contributed by atoms with E-state index in [0.717, 1.165) is 0 Å². The van der Waals surface area contributed by atoms with Crippen molar-refractivity contribution in [3.05, 3.63) is 75.9 Å². The van der Waals surface area contributed by atoms with Crippen molar-refractivity contribution in [2.75, 3.05) is 5.32 Å². The van der Waals surface area contributed by atoms with Gasteiger partial charge < -0.3 is 10.4 Å². The number of carboxylic acid groups (broad SMARTS) is 1. The summed E-state index contributed by atoms with van der Waals surface area (Å²) in [7, 11) is 0. The molecule has 2 aromatic carbocycles. The number of carbonyl (C=O) groups is 2. The van der Waals surface area contributed by atoms with Gasteiger partial charge in [0.1, 0.15) is 0 Å². The smallest absolute Gasteiger partial charge is 0.337 e. The molecule has 0 aliphatic carbocycles. The summed E-state index contributed by atoms with van der Waals surface area (Å²) in [6.45, 7) is 0. The molecule has 0 saturated carbocycles. The number of rotatable bonds is 5. The van der Waals surface area contributed by atoms with Crippen LogP contribution < -0.4 is 5.32 Å². The van der Waals surface area contributed by atoms with Crippen LogP contribution in [0, 0.1) is 0 Å². The zero-order valence-electron chi connectivity index (χ0n) is 11.2. The lowest BCUT2D eigenvalue weighted by atomic mass is 10.1. The Balaban J connectivity index is 2.12. The van der Waals surface area contributed by atoms with Gasteiger partial charge in [0.2, 0.25) is 0 Å². The molecule has 0 spiro atoms. The van der Waals surface area contributed by atoms with E-state index in [2.05, 4.69) is 5.32 Å². The van der Waals surface area contributed by atoms with Crippen LogP contribution >= 0.6 is 23.2 Å². The number of halogens is 2. The Morgan fingerprint density at radius 3 is 2.27 bits per heavy atom. The summed E-state index contributed by atoms with van der Waals surface area (Å²) in [4.78, 5) is 23.0. The van der Waals surface area contributed by atoms with Gasteiger partial charge >= 0.3 is 5.97 Å². The first kappa shape index (κ1) is 16.1. The summed E-state index contributed by atoms with van der Waals surface area (Å²) in [6, 6.07) is 10.8. The Morgan fingerprint density at radius 1 is 1.00 bits per heavy atom. The molecule has 0 bridgehead atoms. The van der Waals surface area contributed by atoms with E-state index in [0.29, 0.717) is 21.3 Å². The fourth-order valence-corrected chi connectivity index (χ4v) is 2.04. The third-order valence-electron chi connectivity index (χ3n) is 2.81. The van der Waals surface area contributed by atoms with E-state index >= 15 is 0 Å². The van der Waals surface area contributed by atoms with E-state index in [4.69, 9.17) is 28.3 Å². The Labute approximate surface area is 137 Å². The molecule has 0 saturated heterocycles. The molecular weight excluding hydrogens is 325 g/mol. The second-order valence-corrected chi connectivity index (χ2v) is 5.22. The minimum atomic E-state index is -1.09. The number of nitrogens with one attached hydrogen (secondary N) is 1. The minimum absolute atomic E-state index is 0.0630. The van der Waals surface area contributed by atoms with Crippen LogP contribution in [-0.4, -0.2) is 16.9 Å². The SMILES string of the molecule is O=C(C=CNc1cc(Cl)ccc1C(=O)O)c1ccc(Cl)cc1. The van der Waals surface area contributed by atoms with Gasteiger partial charge in [-0.3, -0.25) is 4.79 Å². The van der Waals surface area contributed by atoms with Gasteiger partial charge in [0.05, 0.1) is 11.3 Å². The fourth-order valence-electron chi connectivity index (χ4n) is 1.74. The average Bonchev–Trinajstić information content (AvgIpc) is 2.47. The molecular formula is C16H11Cl2NO3. The first-order valence-electron chi connectivity index (χ1n) is 6.23. The number of carboxylic acids is 1. The quantitative estimate of drug-likeness (QED) is 0.623. The third-order valence-corrected chi connectivity index (χ3v) is 3.30. The van der Waals surface area contributed by atoms with Crippen LogP contribution in [0.25, 0.3) is 0 Å². The Hall–Kier alpha value is -2.30. The Morgan fingerprint density at radius 2 is 1.64 bits per heavy atom. The highest BCUT2D eigenvalue weighted by atomic mass is 35.5. The Kier molecular flexibility index (Phi) is 5.20. The van der Waals surface area contributed by atoms with E-state index in [9.17, 15) is 9.59 Å². The molecule has 0 aliphatic rings. The van der Waals surface area contributed by atoms with Crippen LogP contribution in [0.4, 0.5) is 5.69 Å². The van der Waals surface area contributed by atoms with Crippen molar-refractivity contribution in [3.8, 4) is 0 Å². The van der Waals surface area contributed by atoms with E-state index < -0.39 is 5.97 Å². The van der Waals surface area contributed by atoms with Gasteiger partial charge in [0.25, 0.3) is 0 Å². The molecule has 6 heteroatoms. The maximum absolute atomic E-state index is 11.9. The Bertz CT molecular complexity index is 740.